The topological polar surface area (TPSA) is 74.2 Å². The molecule has 13 heavy (non-hydrogen) atoms. The number of nitrogens with zero attached hydrogens (tertiary/aromatic N) is 1. The van der Waals surface area contributed by atoms with Gasteiger partial charge in [0.2, 0.25) is 5.88 Å². The summed E-state index contributed by atoms with van der Waals surface area (Å²) < 4.78 is 4.91. The highest BCUT2D eigenvalue weighted by atomic mass is 16.5. The summed E-state index contributed by atoms with van der Waals surface area (Å²) in [5.74, 6) is 0.417. The first-order valence-corrected chi connectivity index (χ1v) is 3.86. The van der Waals surface area contributed by atoms with E-state index in [1.807, 2.05) is 0 Å². The fourth-order valence-corrected chi connectivity index (χ4v) is 0.975. The summed E-state index contributed by atoms with van der Waals surface area (Å²) in [7, 11) is 1.52. The number of hydrogen-bond acceptors (Lipinski definition) is 4. The number of nitrogen functional groups attached to an aromatic ring is 1. The van der Waals surface area contributed by atoms with Gasteiger partial charge in [-0.15, -0.1) is 6.58 Å². The first-order valence-electron chi connectivity index (χ1n) is 3.86. The average Bonchev–Trinajstić information content (AvgIpc) is 2.16. The standard InChI is InChI=1S/C9H13N3O/c1-3-7(10)6-4-8(11)9(13-2)12-5-6/h3-5,7H,1,10-11H2,2H3. The number of rotatable bonds is 3. The minimum absolute atomic E-state index is 0.235. The Morgan fingerprint density at radius 1 is 1.69 bits per heavy atom. The molecule has 1 atom stereocenters. The summed E-state index contributed by atoms with van der Waals surface area (Å²) in [5.41, 5.74) is 12.7. The van der Waals surface area contributed by atoms with Crippen LogP contribution in [0.15, 0.2) is 24.9 Å². The number of nitrogens with two attached hydrogens (primary N) is 2. The Morgan fingerprint density at radius 3 is 2.85 bits per heavy atom. The highest BCUT2D eigenvalue weighted by Gasteiger charge is 2.05. The second-order valence-corrected chi connectivity index (χ2v) is 2.63. The molecule has 1 aromatic heterocycles. The quantitative estimate of drug-likeness (QED) is 0.675. The lowest BCUT2D eigenvalue weighted by Gasteiger charge is -2.08. The molecule has 0 amide bonds. The van der Waals surface area contributed by atoms with Gasteiger partial charge < -0.3 is 16.2 Å². The van der Waals surface area contributed by atoms with Crippen molar-refractivity contribution in [1.29, 1.82) is 0 Å². The van der Waals surface area contributed by atoms with Gasteiger partial charge in [0.1, 0.15) is 0 Å². The van der Waals surface area contributed by atoms with Gasteiger partial charge in [0, 0.05) is 12.2 Å². The molecule has 0 spiro atoms. The van der Waals surface area contributed by atoms with Crippen molar-refractivity contribution in [1.82, 2.24) is 4.98 Å². The van der Waals surface area contributed by atoms with Crippen LogP contribution in [0.2, 0.25) is 0 Å². The van der Waals surface area contributed by atoms with Crippen molar-refractivity contribution in [2.24, 2.45) is 5.73 Å². The number of aromatic nitrogens is 1. The van der Waals surface area contributed by atoms with Crippen LogP contribution in [0.25, 0.3) is 0 Å². The molecule has 0 aliphatic heterocycles. The van der Waals surface area contributed by atoms with E-state index in [-0.39, 0.29) is 6.04 Å². The van der Waals surface area contributed by atoms with Crippen LogP contribution in [0.1, 0.15) is 11.6 Å². The van der Waals surface area contributed by atoms with Crippen molar-refractivity contribution < 1.29 is 4.74 Å². The van der Waals surface area contributed by atoms with Crippen molar-refractivity contribution in [3.63, 3.8) is 0 Å². The normalized spacial score (nSPS) is 12.2. The Bertz CT molecular complexity index is 312. The molecule has 4 nitrogen and oxygen atoms in total. The van der Waals surface area contributed by atoms with Gasteiger partial charge in [-0.05, 0) is 11.6 Å². The lowest BCUT2D eigenvalue weighted by Crippen LogP contribution is -2.08. The van der Waals surface area contributed by atoms with Crippen molar-refractivity contribution in [3.05, 3.63) is 30.5 Å². The largest absolute Gasteiger partial charge is 0.480 e. The van der Waals surface area contributed by atoms with Gasteiger partial charge in [0.05, 0.1) is 12.8 Å². The molecule has 1 unspecified atom stereocenters. The van der Waals surface area contributed by atoms with E-state index in [4.69, 9.17) is 16.2 Å². The van der Waals surface area contributed by atoms with Crippen LogP contribution in [0.5, 0.6) is 5.88 Å². The lowest BCUT2D eigenvalue weighted by atomic mass is 10.1. The fourth-order valence-electron chi connectivity index (χ4n) is 0.975. The van der Waals surface area contributed by atoms with E-state index in [0.717, 1.165) is 5.56 Å². The molecule has 0 aliphatic rings. The van der Waals surface area contributed by atoms with E-state index in [9.17, 15) is 0 Å². The SMILES string of the molecule is C=CC(N)c1cnc(OC)c(N)c1. The maximum atomic E-state index is 5.70. The average molecular weight is 179 g/mol. The lowest BCUT2D eigenvalue weighted by molar-refractivity contribution is 0.400. The maximum Gasteiger partial charge on any atom is 0.236 e. The van der Waals surface area contributed by atoms with Gasteiger partial charge in [-0.1, -0.05) is 6.08 Å². The van der Waals surface area contributed by atoms with Crippen molar-refractivity contribution in [2.75, 3.05) is 12.8 Å². The van der Waals surface area contributed by atoms with Gasteiger partial charge in [0.25, 0.3) is 0 Å². The third-order valence-electron chi connectivity index (χ3n) is 1.73. The van der Waals surface area contributed by atoms with Gasteiger partial charge >= 0.3 is 0 Å². The van der Waals surface area contributed by atoms with E-state index >= 15 is 0 Å². The molecule has 0 fully saturated rings. The van der Waals surface area contributed by atoms with E-state index in [2.05, 4.69) is 11.6 Å². The zero-order chi connectivity index (χ0) is 9.84. The summed E-state index contributed by atoms with van der Waals surface area (Å²) in [4.78, 5) is 3.99. The van der Waals surface area contributed by atoms with Gasteiger partial charge in [-0.3, -0.25) is 0 Å². The minimum atomic E-state index is -0.235. The highest BCUT2D eigenvalue weighted by Crippen LogP contribution is 2.21. The molecule has 1 rings (SSSR count). The van der Waals surface area contributed by atoms with Gasteiger partial charge in [0.15, 0.2) is 0 Å². The monoisotopic (exact) mass is 179 g/mol. The first-order chi connectivity index (χ1) is 6.19. The molecular weight excluding hydrogens is 166 g/mol. The number of anilines is 1. The van der Waals surface area contributed by atoms with Crippen LogP contribution >= 0.6 is 0 Å². The molecule has 1 heterocycles. The molecule has 0 radical (unpaired) electrons. The summed E-state index contributed by atoms with van der Waals surface area (Å²) in [5, 5.41) is 0. The van der Waals surface area contributed by atoms with Crippen LogP contribution in [-0.4, -0.2) is 12.1 Å². The van der Waals surface area contributed by atoms with Crippen molar-refractivity contribution in [2.45, 2.75) is 6.04 Å². The molecule has 70 valence electrons. The molecule has 0 aromatic carbocycles. The zero-order valence-electron chi connectivity index (χ0n) is 7.53. The zero-order valence-corrected chi connectivity index (χ0v) is 7.53. The molecule has 4 N–H and O–H groups in total. The molecule has 0 saturated carbocycles. The molecule has 0 saturated heterocycles. The second kappa shape index (κ2) is 3.91. The van der Waals surface area contributed by atoms with Crippen molar-refractivity contribution in [3.8, 4) is 5.88 Å². The number of ether oxygens (including phenoxy) is 1. The molecule has 4 heteroatoms. The number of methoxy groups -OCH3 is 1. The van der Waals surface area contributed by atoms with Crippen LogP contribution in [0.3, 0.4) is 0 Å². The van der Waals surface area contributed by atoms with Crippen LogP contribution in [0.4, 0.5) is 5.69 Å². The Morgan fingerprint density at radius 2 is 2.38 bits per heavy atom. The third kappa shape index (κ3) is 1.97. The van der Waals surface area contributed by atoms with Crippen LogP contribution in [0, 0.1) is 0 Å². The molecular formula is C9H13N3O. The third-order valence-corrected chi connectivity index (χ3v) is 1.73. The Hall–Kier alpha value is -1.55. The summed E-state index contributed by atoms with van der Waals surface area (Å²) >= 11 is 0. The molecule has 0 bridgehead atoms. The van der Waals surface area contributed by atoms with Gasteiger partial charge in [-0.25, -0.2) is 4.98 Å². The van der Waals surface area contributed by atoms with Crippen LogP contribution in [-0.2, 0) is 0 Å². The summed E-state index contributed by atoms with van der Waals surface area (Å²) in [6.45, 7) is 3.58. The summed E-state index contributed by atoms with van der Waals surface area (Å²) in [6.07, 6.45) is 3.25. The number of pyridine rings is 1. The summed E-state index contributed by atoms with van der Waals surface area (Å²) in [6, 6.07) is 1.50. The fraction of sp³-hybridized carbons (Fsp3) is 0.222. The predicted molar refractivity (Wildman–Crippen MR) is 52.3 cm³/mol. The van der Waals surface area contributed by atoms with Crippen molar-refractivity contribution >= 4 is 5.69 Å². The second-order valence-electron chi connectivity index (χ2n) is 2.63. The Kier molecular flexibility index (Phi) is 2.87. The number of hydrogen-bond donors (Lipinski definition) is 2. The van der Waals surface area contributed by atoms with Crippen LogP contribution < -0.4 is 16.2 Å². The predicted octanol–water partition coefficient (Wildman–Crippen LogP) is 0.858. The minimum Gasteiger partial charge on any atom is -0.480 e. The van der Waals surface area contributed by atoms with E-state index in [0.29, 0.717) is 11.6 Å². The van der Waals surface area contributed by atoms with E-state index < -0.39 is 0 Å². The maximum absolute atomic E-state index is 5.70. The Balaban J connectivity index is 3.02. The molecule has 0 aliphatic carbocycles. The van der Waals surface area contributed by atoms with E-state index in [1.54, 1.807) is 18.3 Å². The smallest absolute Gasteiger partial charge is 0.236 e. The molecule has 1 aromatic rings. The highest BCUT2D eigenvalue weighted by molar-refractivity contribution is 5.50. The van der Waals surface area contributed by atoms with Gasteiger partial charge in [-0.2, -0.15) is 0 Å². The first kappa shape index (κ1) is 9.54. The Labute approximate surface area is 77.2 Å². The van der Waals surface area contributed by atoms with E-state index in [1.165, 1.54) is 7.11 Å².